The summed E-state index contributed by atoms with van der Waals surface area (Å²) >= 11 is 3.44. The Balaban J connectivity index is 2.11. The maximum Gasteiger partial charge on any atom is 0.138 e. The molecule has 1 aromatic rings. The molecule has 0 radical (unpaired) electrons. The molecule has 1 atom stereocenters. The second kappa shape index (κ2) is 4.29. The van der Waals surface area contributed by atoms with Crippen LogP contribution in [0, 0.1) is 0 Å². The molecule has 0 amide bonds. The smallest absolute Gasteiger partial charge is 0.138 e. The summed E-state index contributed by atoms with van der Waals surface area (Å²) in [4.78, 5) is 0. The molecule has 1 unspecified atom stereocenters. The molecule has 1 aromatic carbocycles. The number of rotatable bonds is 4. The molecular formula is C10H12BrNO2. The van der Waals surface area contributed by atoms with Gasteiger partial charge in [-0.3, -0.25) is 0 Å². The Kier molecular flexibility index (Phi) is 3.05. The second-order valence-corrected chi connectivity index (χ2v) is 4.05. The van der Waals surface area contributed by atoms with Crippen LogP contribution < -0.4 is 10.5 Å². The Labute approximate surface area is 91.3 Å². The molecule has 0 spiro atoms. The van der Waals surface area contributed by atoms with Gasteiger partial charge >= 0.3 is 0 Å². The number of benzene rings is 1. The maximum atomic E-state index is 5.63. The van der Waals surface area contributed by atoms with E-state index in [0.717, 1.165) is 22.4 Å². The normalized spacial score (nSPS) is 19.4. The third-order valence-electron chi connectivity index (χ3n) is 2.08. The van der Waals surface area contributed by atoms with E-state index in [2.05, 4.69) is 15.9 Å². The highest BCUT2D eigenvalue weighted by Gasteiger charge is 2.23. The molecule has 2 rings (SSSR count). The first kappa shape index (κ1) is 9.96. The molecule has 14 heavy (non-hydrogen) atoms. The van der Waals surface area contributed by atoms with Gasteiger partial charge in [-0.05, 0) is 22.0 Å². The molecule has 0 aromatic heterocycles. The van der Waals surface area contributed by atoms with E-state index >= 15 is 0 Å². The number of para-hydroxylation sites is 1. The van der Waals surface area contributed by atoms with Crippen LogP contribution in [-0.4, -0.2) is 19.3 Å². The molecule has 3 nitrogen and oxygen atoms in total. The highest BCUT2D eigenvalue weighted by Crippen LogP contribution is 2.29. The fourth-order valence-electron chi connectivity index (χ4n) is 1.22. The van der Waals surface area contributed by atoms with Crippen LogP contribution in [-0.2, 0) is 11.3 Å². The molecule has 2 N–H and O–H groups in total. The minimum Gasteiger partial charge on any atom is -0.489 e. The van der Waals surface area contributed by atoms with E-state index in [4.69, 9.17) is 15.2 Å². The van der Waals surface area contributed by atoms with Crippen molar-refractivity contribution < 1.29 is 9.47 Å². The first-order valence-electron chi connectivity index (χ1n) is 4.53. The highest BCUT2D eigenvalue weighted by molar-refractivity contribution is 9.10. The Morgan fingerprint density at radius 1 is 1.57 bits per heavy atom. The molecule has 0 saturated carbocycles. The Hall–Kier alpha value is -0.580. The van der Waals surface area contributed by atoms with Crippen LogP contribution >= 0.6 is 15.9 Å². The third kappa shape index (κ3) is 2.26. The van der Waals surface area contributed by atoms with Gasteiger partial charge in [-0.2, -0.15) is 0 Å². The van der Waals surface area contributed by atoms with Crippen molar-refractivity contribution in [3.8, 4) is 5.75 Å². The molecule has 0 bridgehead atoms. The number of hydrogen-bond acceptors (Lipinski definition) is 3. The van der Waals surface area contributed by atoms with Gasteiger partial charge in [0.25, 0.3) is 0 Å². The minimum atomic E-state index is 0.271. The summed E-state index contributed by atoms with van der Waals surface area (Å²) in [5.41, 5.74) is 6.62. The van der Waals surface area contributed by atoms with Gasteiger partial charge in [0.05, 0.1) is 11.1 Å². The maximum absolute atomic E-state index is 5.63. The van der Waals surface area contributed by atoms with E-state index in [0.29, 0.717) is 13.2 Å². The molecular weight excluding hydrogens is 246 g/mol. The van der Waals surface area contributed by atoms with E-state index in [1.54, 1.807) is 0 Å². The Bertz CT molecular complexity index is 326. The van der Waals surface area contributed by atoms with Crippen molar-refractivity contribution in [2.75, 3.05) is 13.2 Å². The zero-order valence-electron chi connectivity index (χ0n) is 7.70. The largest absolute Gasteiger partial charge is 0.489 e. The predicted molar refractivity (Wildman–Crippen MR) is 57.3 cm³/mol. The second-order valence-electron chi connectivity index (χ2n) is 3.20. The van der Waals surface area contributed by atoms with Crippen LogP contribution in [0.4, 0.5) is 0 Å². The van der Waals surface area contributed by atoms with E-state index in [9.17, 15) is 0 Å². The van der Waals surface area contributed by atoms with Gasteiger partial charge in [0.1, 0.15) is 18.5 Å². The number of epoxide rings is 1. The lowest BCUT2D eigenvalue weighted by Crippen LogP contribution is -2.08. The van der Waals surface area contributed by atoms with Gasteiger partial charge in [0.15, 0.2) is 0 Å². The van der Waals surface area contributed by atoms with Crippen molar-refractivity contribution >= 4 is 15.9 Å². The topological polar surface area (TPSA) is 47.8 Å². The number of halogens is 1. The average Bonchev–Trinajstić information content (AvgIpc) is 2.99. The summed E-state index contributed by atoms with van der Waals surface area (Å²) in [7, 11) is 0. The fraction of sp³-hybridized carbons (Fsp3) is 0.400. The van der Waals surface area contributed by atoms with Crippen LogP contribution in [0.2, 0.25) is 0 Å². The SMILES string of the molecule is NCc1cccc(Br)c1OCC1CO1. The lowest BCUT2D eigenvalue weighted by Gasteiger charge is -2.10. The zero-order valence-corrected chi connectivity index (χ0v) is 9.29. The molecule has 1 heterocycles. The Morgan fingerprint density at radius 3 is 3.00 bits per heavy atom. The van der Waals surface area contributed by atoms with Crippen molar-refractivity contribution in [2.24, 2.45) is 5.73 Å². The molecule has 1 aliphatic rings. The van der Waals surface area contributed by atoms with Crippen molar-refractivity contribution in [1.82, 2.24) is 0 Å². The number of hydrogen-bond donors (Lipinski definition) is 1. The third-order valence-corrected chi connectivity index (χ3v) is 2.71. The molecule has 0 aliphatic carbocycles. The summed E-state index contributed by atoms with van der Waals surface area (Å²) in [6.45, 7) is 1.90. The Morgan fingerprint density at radius 2 is 2.36 bits per heavy atom. The van der Waals surface area contributed by atoms with Gasteiger partial charge in [-0.25, -0.2) is 0 Å². The van der Waals surface area contributed by atoms with Gasteiger partial charge in [0.2, 0.25) is 0 Å². The molecule has 4 heteroatoms. The molecule has 1 aliphatic heterocycles. The highest BCUT2D eigenvalue weighted by atomic mass is 79.9. The van der Waals surface area contributed by atoms with E-state index in [-0.39, 0.29) is 6.10 Å². The molecule has 1 fully saturated rings. The van der Waals surface area contributed by atoms with Crippen molar-refractivity contribution in [1.29, 1.82) is 0 Å². The van der Waals surface area contributed by atoms with Gasteiger partial charge < -0.3 is 15.2 Å². The quantitative estimate of drug-likeness (QED) is 0.836. The lowest BCUT2D eigenvalue weighted by atomic mass is 10.2. The summed E-state index contributed by atoms with van der Waals surface area (Å²) in [6, 6.07) is 5.86. The first-order valence-corrected chi connectivity index (χ1v) is 5.32. The van der Waals surface area contributed by atoms with Crippen molar-refractivity contribution in [2.45, 2.75) is 12.6 Å². The van der Waals surface area contributed by atoms with Crippen LogP contribution in [0.15, 0.2) is 22.7 Å². The molecule has 76 valence electrons. The van der Waals surface area contributed by atoms with E-state index < -0.39 is 0 Å². The number of nitrogens with two attached hydrogens (primary N) is 1. The fourth-order valence-corrected chi connectivity index (χ4v) is 1.74. The van der Waals surface area contributed by atoms with Gasteiger partial charge in [0, 0.05) is 12.1 Å². The average molecular weight is 258 g/mol. The summed E-state index contributed by atoms with van der Waals surface area (Å²) < 4.78 is 11.6. The summed E-state index contributed by atoms with van der Waals surface area (Å²) in [5, 5.41) is 0. The van der Waals surface area contributed by atoms with E-state index in [1.807, 2.05) is 18.2 Å². The standard InChI is InChI=1S/C10H12BrNO2/c11-9-3-1-2-7(4-12)10(9)14-6-8-5-13-8/h1-3,8H,4-6,12H2. The monoisotopic (exact) mass is 257 g/mol. The van der Waals surface area contributed by atoms with Crippen LogP contribution in [0.5, 0.6) is 5.75 Å². The van der Waals surface area contributed by atoms with E-state index in [1.165, 1.54) is 0 Å². The summed E-state index contributed by atoms with van der Waals surface area (Å²) in [5.74, 6) is 0.838. The summed E-state index contributed by atoms with van der Waals surface area (Å²) in [6.07, 6.45) is 0.271. The van der Waals surface area contributed by atoms with Gasteiger partial charge in [-0.1, -0.05) is 12.1 Å². The van der Waals surface area contributed by atoms with Gasteiger partial charge in [-0.15, -0.1) is 0 Å². The first-order chi connectivity index (χ1) is 6.81. The number of ether oxygens (including phenoxy) is 2. The van der Waals surface area contributed by atoms with Crippen molar-refractivity contribution in [3.05, 3.63) is 28.2 Å². The predicted octanol–water partition coefficient (Wildman–Crippen LogP) is 1.69. The zero-order chi connectivity index (χ0) is 9.97. The van der Waals surface area contributed by atoms with Crippen LogP contribution in [0.1, 0.15) is 5.56 Å². The van der Waals surface area contributed by atoms with Crippen LogP contribution in [0.3, 0.4) is 0 Å². The lowest BCUT2D eigenvalue weighted by molar-refractivity contribution is 0.260. The van der Waals surface area contributed by atoms with Crippen molar-refractivity contribution in [3.63, 3.8) is 0 Å². The molecule has 1 saturated heterocycles. The van der Waals surface area contributed by atoms with Crippen LogP contribution in [0.25, 0.3) is 0 Å². The minimum absolute atomic E-state index is 0.271.